The Labute approximate surface area is 211 Å². The standard InChI is InChI=1S/C25H22ClN3O5.ClH/c1-34-20-7-3-6-18-21(20)27-13-19-22(18)28(16-10-8-14(9-11-16)24(31)32)25(33)29(23(19)30)17-5-2-4-15(26)12-17;/h2-7,12-14,16H,8-11H2,1H3,(H,31,32);1H/t14-,16-;. The summed E-state index contributed by atoms with van der Waals surface area (Å²) in [5.74, 6) is -0.721. The second-order valence-electron chi connectivity index (χ2n) is 8.49. The molecular formula is C25H23Cl2N3O5. The highest BCUT2D eigenvalue weighted by Crippen LogP contribution is 2.35. The van der Waals surface area contributed by atoms with Gasteiger partial charge in [-0.25, -0.2) is 9.36 Å². The first-order valence-electron chi connectivity index (χ1n) is 11.0. The molecule has 2 heterocycles. The van der Waals surface area contributed by atoms with E-state index < -0.39 is 23.1 Å². The SMILES string of the molecule is COc1cccc2c1ncc1c(=O)n(-c3cccc(Cl)c3)c(=O)n([C@H]3CC[C@H](C(=O)O)CC3)c12.Cl. The van der Waals surface area contributed by atoms with Crippen LogP contribution in [0.4, 0.5) is 0 Å². The van der Waals surface area contributed by atoms with E-state index in [1.807, 2.05) is 6.07 Å². The lowest BCUT2D eigenvalue weighted by Crippen LogP contribution is -2.41. The maximum absolute atomic E-state index is 13.9. The van der Waals surface area contributed by atoms with Crippen molar-refractivity contribution >= 4 is 51.8 Å². The quantitative estimate of drug-likeness (QED) is 0.398. The topological polar surface area (TPSA) is 103 Å². The van der Waals surface area contributed by atoms with Crippen LogP contribution in [0.1, 0.15) is 31.7 Å². The van der Waals surface area contributed by atoms with Gasteiger partial charge in [-0.15, -0.1) is 12.4 Å². The Kier molecular flexibility index (Phi) is 6.87. The molecule has 2 aromatic heterocycles. The zero-order valence-corrected chi connectivity index (χ0v) is 20.4. The zero-order chi connectivity index (χ0) is 24.0. The van der Waals surface area contributed by atoms with E-state index in [9.17, 15) is 19.5 Å². The number of benzene rings is 2. The van der Waals surface area contributed by atoms with Crippen molar-refractivity contribution in [2.24, 2.45) is 5.92 Å². The second kappa shape index (κ2) is 9.71. The molecule has 0 aliphatic heterocycles. The smallest absolute Gasteiger partial charge is 0.336 e. The van der Waals surface area contributed by atoms with Crippen molar-refractivity contribution in [3.63, 3.8) is 0 Å². The maximum atomic E-state index is 13.9. The van der Waals surface area contributed by atoms with E-state index in [0.29, 0.717) is 63.9 Å². The highest BCUT2D eigenvalue weighted by Gasteiger charge is 2.30. The molecule has 0 atom stereocenters. The van der Waals surface area contributed by atoms with Crippen molar-refractivity contribution in [2.75, 3.05) is 7.11 Å². The summed E-state index contributed by atoms with van der Waals surface area (Å²) in [4.78, 5) is 43.5. The monoisotopic (exact) mass is 515 g/mol. The Balaban J connectivity index is 0.00000289. The van der Waals surface area contributed by atoms with Gasteiger partial charge in [-0.1, -0.05) is 29.8 Å². The number of fused-ring (bicyclic) bond motifs is 3. The van der Waals surface area contributed by atoms with Gasteiger partial charge in [0.2, 0.25) is 0 Å². The molecule has 1 saturated carbocycles. The van der Waals surface area contributed by atoms with Crippen molar-refractivity contribution < 1.29 is 14.6 Å². The highest BCUT2D eigenvalue weighted by molar-refractivity contribution is 6.30. The average molecular weight is 516 g/mol. The molecule has 0 saturated heterocycles. The minimum absolute atomic E-state index is 0. The molecule has 5 rings (SSSR count). The van der Waals surface area contributed by atoms with Crippen molar-refractivity contribution in [3.8, 4) is 11.4 Å². The van der Waals surface area contributed by atoms with Crippen molar-refractivity contribution in [1.82, 2.24) is 14.1 Å². The number of carboxylic acid groups (broad SMARTS) is 1. The molecule has 8 nitrogen and oxygen atoms in total. The van der Waals surface area contributed by atoms with E-state index in [1.54, 1.807) is 41.0 Å². The van der Waals surface area contributed by atoms with Gasteiger partial charge in [-0.05, 0) is 49.9 Å². The third-order valence-corrected chi connectivity index (χ3v) is 6.84. The van der Waals surface area contributed by atoms with E-state index in [0.717, 1.165) is 4.57 Å². The number of para-hydroxylation sites is 1. The number of halogens is 2. The van der Waals surface area contributed by atoms with Gasteiger partial charge in [-0.2, -0.15) is 0 Å². The minimum Gasteiger partial charge on any atom is -0.494 e. The summed E-state index contributed by atoms with van der Waals surface area (Å²) in [6, 6.07) is 11.7. The molecule has 35 heavy (non-hydrogen) atoms. The third kappa shape index (κ3) is 4.17. The van der Waals surface area contributed by atoms with Crippen molar-refractivity contribution in [2.45, 2.75) is 31.7 Å². The lowest BCUT2D eigenvalue weighted by molar-refractivity contribution is -0.143. The summed E-state index contributed by atoms with van der Waals surface area (Å²) in [6.45, 7) is 0. The van der Waals surface area contributed by atoms with Crippen LogP contribution in [0, 0.1) is 5.92 Å². The second-order valence-corrected chi connectivity index (χ2v) is 8.93. The highest BCUT2D eigenvalue weighted by atomic mass is 35.5. The summed E-state index contributed by atoms with van der Waals surface area (Å²) in [6.07, 6.45) is 3.40. The lowest BCUT2D eigenvalue weighted by Gasteiger charge is -2.29. The first kappa shape index (κ1) is 24.8. The van der Waals surface area contributed by atoms with Crippen LogP contribution in [-0.4, -0.2) is 32.3 Å². The number of ether oxygens (including phenoxy) is 1. The number of aromatic nitrogens is 3. The molecule has 1 fully saturated rings. The van der Waals surface area contributed by atoms with Gasteiger partial charge in [0.05, 0.1) is 29.6 Å². The minimum atomic E-state index is -0.820. The van der Waals surface area contributed by atoms with Crippen molar-refractivity contribution in [1.29, 1.82) is 0 Å². The van der Waals surface area contributed by atoms with Gasteiger partial charge in [0.1, 0.15) is 11.3 Å². The number of rotatable bonds is 4. The molecule has 0 spiro atoms. The Bertz CT molecular complexity index is 1560. The predicted molar refractivity (Wildman–Crippen MR) is 137 cm³/mol. The Morgan fingerprint density at radius 1 is 1.09 bits per heavy atom. The molecule has 4 aromatic rings. The van der Waals surface area contributed by atoms with Crippen molar-refractivity contribution in [3.05, 3.63) is 74.5 Å². The molecular weight excluding hydrogens is 493 g/mol. The summed E-state index contributed by atoms with van der Waals surface area (Å²) in [7, 11) is 1.54. The molecule has 2 aromatic carbocycles. The van der Waals surface area contributed by atoms with Gasteiger partial charge >= 0.3 is 11.7 Å². The van der Waals surface area contributed by atoms with E-state index in [1.165, 1.54) is 13.3 Å². The van der Waals surface area contributed by atoms with Gasteiger partial charge in [0.15, 0.2) is 0 Å². The molecule has 0 radical (unpaired) electrons. The number of carbonyl (C=O) groups is 1. The largest absolute Gasteiger partial charge is 0.494 e. The molecule has 1 aliphatic carbocycles. The maximum Gasteiger partial charge on any atom is 0.336 e. The molecule has 182 valence electrons. The van der Waals surface area contributed by atoms with E-state index >= 15 is 0 Å². The van der Waals surface area contributed by atoms with Gasteiger partial charge < -0.3 is 9.84 Å². The van der Waals surface area contributed by atoms with Crippen LogP contribution < -0.4 is 16.0 Å². The Morgan fingerprint density at radius 2 is 1.80 bits per heavy atom. The lowest BCUT2D eigenvalue weighted by atomic mass is 9.86. The number of hydrogen-bond acceptors (Lipinski definition) is 5. The molecule has 1 aliphatic rings. The van der Waals surface area contributed by atoms with Crippen LogP contribution in [0.2, 0.25) is 5.02 Å². The fourth-order valence-electron chi connectivity index (χ4n) is 4.94. The van der Waals surface area contributed by atoms with Gasteiger partial charge in [-0.3, -0.25) is 19.1 Å². The molecule has 10 heteroatoms. The number of methoxy groups -OCH3 is 1. The van der Waals surface area contributed by atoms with Crippen LogP contribution in [-0.2, 0) is 4.79 Å². The summed E-state index contributed by atoms with van der Waals surface area (Å²) in [5.41, 5.74) is 0.410. The number of nitrogens with zero attached hydrogens (tertiary/aromatic N) is 3. The van der Waals surface area contributed by atoms with Crippen LogP contribution in [0.3, 0.4) is 0 Å². The fourth-order valence-corrected chi connectivity index (χ4v) is 5.12. The summed E-state index contributed by atoms with van der Waals surface area (Å²) in [5, 5.41) is 10.8. The van der Waals surface area contributed by atoms with Crippen LogP contribution in [0.5, 0.6) is 5.75 Å². The first-order chi connectivity index (χ1) is 16.4. The van der Waals surface area contributed by atoms with E-state index in [-0.39, 0.29) is 18.4 Å². The van der Waals surface area contributed by atoms with Crippen LogP contribution in [0.25, 0.3) is 27.5 Å². The average Bonchev–Trinajstić information content (AvgIpc) is 2.84. The number of hydrogen-bond donors (Lipinski definition) is 1. The molecule has 0 bridgehead atoms. The fraction of sp³-hybridized carbons (Fsp3) is 0.280. The number of pyridine rings is 1. The van der Waals surface area contributed by atoms with E-state index in [2.05, 4.69) is 4.98 Å². The normalized spacial score (nSPS) is 17.8. The Morgan fingerprint density at radius 3 is 2.46 bits per heavy atom. The third-order valence-electron chi connectivity index (χ3n) is 6.60. The predicted octanol–water partition coefficient (Wildman–Crippen LogP) is 4.60. The van der Waals surface area contributed by atoms with Crippen LogP contribution in [0.15, 0.2) is 58.3 Å². The molecule has 1 N–H and O–H groups in total. The summed E-state index contributed by atoms with van der Waals surface area (Å²) >= 11 is 6.16. The number of carboxylic acids is 1. The zero-order valence-electron chi connectivity index (χ0n) is 18.8. The number of aliphatic carboxylic acids is 1. The molecule has 0 amide bonds. The first-order valence-corrected chi connectivity index (χ1v) is 11.4. The Hall–Kier alpha value is -3.36. The van der Waals surface area contributed by atoms with Gasteiger partial charge in [0.25, 0.3) is 5.56 Å². The van der Waals surface area contributed by atoms with Crippen LogP contribution >= 0.6 is 24.0 Å². The van der Waals surface area contributed by atoms with Gasteiger partial charge in [0, 0.05) is 22.6 Å². The summed E-state index contributed by atoms with van der Waals surface area (Å²) < 4.78 is 8.21. The van der Waals surface area contributed by atoms with E-state index in [4.69, 9.17) is 16.3 Å². The molecule has 0 unspecified atom stereocenters.